The molecule has 3 heterocycles. The van der Waals surface area contributed by atoms with Crippen LogP contribution in [-0.2, 0) is 17.1 Å². The number of pyridine rings is 1. The molecule has 5 rings (SSSR count). The number of anilines is 1. The first-order valence-corrected chi connectivity index (χ1v) is 12.5. The minimum Gasteiger partial charge on any atom is -0.444 e. The van der Waals surface area contributed by atoms with Crippen molar-refractivity contribution in [1.82, 2.24) is 19.5 Å². The average Bonchev–Trinajstić information content (AvgIpc) is 3.32. The van der Waals surface area contributed by atoms with Gasteiger partial charge < -0.3 is 15.0 Å². The maximum Gasteiger partial charge on any atom is 0.433 e. The van der Waals surface area contributed by atoms with E-state index in [2.05, 4.69) is 15.4 Å². The van der Waals surface area contributed by atoms with E-state index in [-0.39, 0.29) is 40.6 Å². The predicted molar refractivity (Wildman–Crippen MR) is 130 cm³/mol. The van der Waals surface area contributed by atoms with Crippen molar-refractivity contribution in [3.05, 3.63) is 47.7 Å². The highest BCUT2D eigenvalue weighted by Gasteiger charge is 2.45. The molecular formula is C26H27F6N5O2. The Morgan fingerprint density at radius 3 is 2.15 bits per heavy atom. The van der Waals surface area contributed by atoms with Crippen LogP contribution in [0.1, 0.15) is 44.9 Å². The van der Waals surface area contributed by atoms with Crippen molar-refractivity contribution in [3.8, 4) is 11.1 Å². The SMILES string of the molecule is CC(C)(C)OC(=O)N1C[C@H]2CC[C@@H](C1)C2Nc1nc2c(-c3ccccc3C(F)(F)F)ccc(C(F)(F)F)n2n1. The number of hydrogen-bond donors (Lipinski definition) is 1. The number of amides is 1. The van der Waals surface area contributed by atoms with Crippen LogP contribution in [0.2, 0.25) is 0 Å². The van der Waals surface area contributed by atoms with Crippen molar-refractivity contribution in [2.75, 3.05) is 18.4 Å². The van der Waals surface area contributed by atoms with Crippen molar-refractivity contribution >= 4 is 17.7 Å². The van der Waals surface area contributed by atoms with Crippen LogP contribution in [0.15, 0.2) is 36.4 Å². The summed E-state index contributed by atoms with van der Waals surface area (Å²) in [6.07, 6.45) is -8.39. The van der Waals surface area contributed by atoms with E-state index in [9.17, 15) is 31.1 Å². The number of ether oxygens (including phenoxy) is 1. The molecule has 3 aromatic rings. The van der Waals surface area contributed by atoms with Gasteiger partial charge in [-0.05, 0) is 69.2 Å². The molecule has 2 bridgehead atoms. The quantitative estimate of drug-likeness (QED) is 0.374. The number of carbonyl (C=O) groups excluding carboxylic acids is 1. The van der Waals surface area contributed by atoms with Gasteiger partial charge in [0.25, 0.3) is 0 Å². The summed E-state index contributed by atoms with van der Waals surface area (Å²) in [6, 6.07) is 6.13. The maximum atomic E-state index is 13.8. The Labute approximate surface area is 220 Å². The van der Waals surface area contributed by atoms with Crippen molar-refractivity contribution in [1.29, 1.82) is 0 Å². The fourth-order valence-electron chi connectivity index (χ4n) is 5.50. The minimum atomic E-state index is -4.82. The number of nitrogens with zero attached hydrogens (tertiary/aromatic N) is 4. The van der Waals surface area contributed by atoms with Gasteiger partial charge in [0, 0.05) is 24.7 Å². The van der Waals surface area contributed by atoms with E-state index in [1.165, 1.54) is 18.2 Å². The minimum absolute atomic E-state index is 0.0182. The van der Waals surface area contributed by atoms with Crippen molar-refractivity contribution in [3.63, 3.8) is 0 Å². The zero-order valence-electron chi connectivity index (χ0n) is 21.4. The summed E-state index contributed by atoms with van der Waals surface area (Å²) in [5.41, 5.74) is -3.56. The third kappa shape index (κ3) is 5.35. The van der Waals surface area contributed by atoms with Crippen LogP contribution in [-0.4, -0.2) is 50.3 Å². The third-order valence-corrected chi connectivity index (χ3v) is 7.08. The molecule has 210 valence electrons. The van der Waals surface area contributed by atoms with E-state index < -0.39 is 35.3 Å². The Bertz CT molecular complexity index is 1380. The molecule has 39 heavy (non-hydrogen) atoms. The van der Waals surface area contributed by atoms with Crippen LogP contribution in [0, 0.1) is 11.8 Å². The number of rotatable bonds is 3. The molecular weight excluding hydrogens is 528 g/mol. The van der Waals surface area contributed by atoms with E-state index in [0.29, 0.717) is 23.7 Å². The van der Waals surface area contributed by atoms with Crippen LogP contribution in [0.3, 0.4) is 0 Å². The molecule has 2 aliphatic rings. The van der Waals surface area contributed by atoms with Gasteiger partial charge in [-0.3, -0.25) is 0 Å². The number of halogens is 6. The molecule has 13 heteroatoms. The number of benzene rings is 1. The second-order valence-electron chi connectivity index (χ2n) is 11.0. The zero-order valence-corrected chi connectivity index (χ0v) is 21.4. The summed E-state index contributed by atoms with van der Waals surface area (Å²) in [6.45, 7) is 6.13. The average molecular weight is 556 g/mol. The first kappa shape index (κ1) is 27.1. The summed E-state index contributed by atoms with van der Waals surface area (Å²) in [7, 11) is 0. The largest absolute Gasteiger partial charge is 0.444 e. The Balaban J connectivity index is 1.49. The number of nitrogens with one attached hydrogen (secondary N) is 1. The lowest BCUT2D eigenvalue weighted by molar-refractivity contribution is -0.142. The van der Waals surface area contributed by atoms with Gasteiger partial charge in [-0.2, -0.15) is 31.3 Å². The normalized spacial score (nSPS) is 21.9. The Hall–Kier alpha value is -3.51. The fraction of sp³-hybridized carbons (Fsp3) is 0.500. The molecule has 1 aromatic carbocycles. The topological polar surface area (TPSA) is 71.8 Å². The number of piperidine rings is 1. The predicted octanol–water partition coefficient (Wildman–Crippen LogP) is 6.49. The smallest absolute Gasteiger partial charge is 0.433 e. The van der Waals surface area contributed by atoms with Crippen LogP contribution in [0.5, 0.6) is 0 Å². The van der Waals surface area contributed by atoms with E-state index in [1.807, 2.05) is 0 Å². The molecule has 1 N–H and O–H groups in total. The van der Waals surface area contributed by atoms with E-state index in [0.717, 1.165) is 25.0 Å². The van der Waals surface area contributed by atoms with Gasteiger partial charge in [0.05, 0.1) is 5.56 Å². The van der Waals surface area contributed by atoms with Gasteiger partial charge >= 0.3 is 18.4 Å². The molecule has 1 saturated carbocycles. The van der Waals surface area contributed by atoms with Crippen LogP contribution < -0.4 is 5.32 Å². The van der Waals surface area contributed by atoms with E-state index in [1.54, 1.807) is 25.7 Å². The molecule has 1 aliphatic carbocycles. The molecule has 7 nitrogen and oxygen atoms in total. The van der Waals surface area contributed by atoms with Gasteiger partial charge in [0.1, 0.15) is 11.3 Å². The molecule has 1 amide bonds. The number of alkyl halides is 6. The van der Waals surface area contributed by atoms with Gasteiger partial charge in [-0.25, -0.2) is 9.31 Å². The highest BCUT2D eigenvalue weighted by molar-refractivity contribution is 5.81. The highest BCUT2D eigenvalue weighted by atomic mass is 19.4. The second kappa shape index (κ2) is 9.30. The summed E-state index contributed by atoms with van der Waals surface area (Å²) in [5, 5.41) is 7.17. The lowest BCUT2D eigenvalue weighted by Crippen LogP contribution is -2.51. The third-order valence-electron chi connectivity index (χ3n) is 7.08. The van der Waals surface area contributed by atoms with E-state index in [4.69, 9.17) is 4.74 Å². The van der Waals surface area contributed by atoms with Gasteiger partial charge in [0.2, 0.25) is 5.95 Å². The Morgan fingerprint density at radius 2 is 1.56 bits per heavy atom. The van der Waals surface area contributed by atoms with Gasteiger partial charge in [-0.15, -0.1) is 5.10 Å². The number of aromatic nitrogens is 3. The molecule has 1 unspecified atom stereocenters. The number of likely N-dealkylation sites (tertiary alicyclic amines) is 1. The molecule has 0 radical (unpaired) electrons. The summed E-state index contributed by atoms with van der Waals surface area (Å²) >= 11 is 0. The number of hydrogen-bond acceptors (Lipinski definition) is 5. The van der Waals surface area contributed by atoms with Crippen LogP contribution >= 0.6 is 0 Å². The van der Waals surface area contributed by atoms with Gasteiger partial charge in [0.15, 0.2) is 5.65 Å². The number of carbonyl (C=O) groups is 1. The summed E-state index contributed by atoms with van der Waals surface area (Å²) < 4.78 is 88.6. The van der Waals surface area contributed by atoms with Gasteiger partial charge in [-0.1, -0.05) is 18.2 Å². The monoisotopic (exact) mass is 555 g/mol. The highest BCUT2D eigenvalue weighted by Crippen LogP contribution is 2.41. The first-order chi connectivity index (χ1) is 18.1. The molecule has 2 aromatic heterocycles. The molecule has 3 atom stereocenters. The standard InChI is InChI=1S/C26H27F6N5O2/c1-24(2,3)39-23(38)36-12-14-8-9-15(13-36)20(14)33-22-34-21-17(10-11-19(26(30,31)32)37(21)35-22)16-6-4-5-7-18(16)25(27,28)29/h4-7,10-11,14-15,20H,8-9,12-13H2,1-3H3,(H,33,35)/t14-,15+,20?. The lowest BCUT2D eigenvalue weighted by Gasteiger charge is -2.38. The lowest BCUT2D eigenvalue weighted by atomic mass is 9.92. The Morgan fingerprint density at radius 1 is 0.923 bits per heavy atom. The number of fused-ring (bicyclic) bond motifs is 3. The maximum absolute atomic E-state index is 13.8. The van der Waals surface area contributed by atoms with Crippen molar-refractivity contribution in [2.24, 2.45) is 11.8 Å². The fourth-order valence-corrected chi connectivity index (χ4v) is 5.50. The van der Waals surface area contributed by atoms with Crippen molar-refractivity contribution in [2.45, 2.75) is 57.6 Å². The summed E-state index contributed by atoms with van der Waals surface area (Å²) in [4.78, 5) is 18.5. The molecule has 0 spiro atoms. The van der Waals surface area contributed by atoms with E-state index >= 15 is 0 Å². The zero-order chi connectivity index (χ0) is 28.3. The first-order valence-electron chi connectivity index (χ1n) is 12.5. The molecule has 2 fully saturated rings. The van der Waals surface area contributed by atoms with Crippen molar-refractivity contribution < 1.29 is 35.9 Å². The molecule has 1 saturated heterocycles. The summed E-state index contributed by atoms with van der Waals surface area (Å²) in [5.74, 6) is -0.157. The van der Waals surface area contributed by atoms with Crippen LogP contribution in [0.25, 0.3) is 16.8 Å². The second-order valence-corrected chi connectivity index (χ2v) is 11.0. The van der Waals surface area contributed by atoms with Crippen LogP contribution in [0.4, 0.5) is 37.1 Å². The molecule has 1 aliphatic heterocycles. The Kier molecular flexibility index (Phi) is 6.46.